The van der Waals surface area contributed by atoms with Crippen LogP contribution in [0.25, 0.3) is 0 Å². The summed E-state index contributed by atoms with van der Waals surface area (Å²) in [5, 5.41) is 3.69. The summed E-state index contributed by atoms with van der Waals surface area (Å²) < 4.78 is 41.1. The fraction of sp³-hybridized carbons (Fsp3) is 0.615. The van der Waals surface area contributed by atoms with Crippen LogP contribution in [0.1, 0.15) is 32.8 Å². The second kappa shape index (κ2) is 6.63. The summed E-state index contributed by atoms with van der Waals surface area (Å²) >= 11 is 5.99. The van der Waals surface area contributed by atoms with Gasteiger partial charge in [-0.25, -0.2) is 4.98 Å². The van der Waals surface area contributed by atoms with Gasteiger partial charge in [-0.15, -0.1) is 0 Å². The Labute approximate surface area is 121 Å². The van der Waals surface area contributed by atoms with Gasteiger partial charge in [0.15, 0.2) is 0 Å². The van der Waals surface area contributed by atoms with Crippen LogP contribution < -0.4 is 10.1 Å². The molecule has 1 rings (SSSR count). The average molecular weight is 311 g/mol. The fourth-order valence-corrected chi connectivity index (χ4v) is 1.47. The summed E-state index contributed by atoms with van der Waals surface area (Å²) in [6.07, 6.45) is -3.86. The van der Waals surface area contributed by atoms with Crippen molar-refractivity contribution in [3.63, 3.8) is 0 Å². The zero-order valence-corrected chi connectivity index (χ0v) is 12.4. The van der Waals surface area contributed by atoms with Gasteiger partial charge in [0.25, 0.3) is 0 Å². The summed E-state index contributed by atoms with van der Waals surface area (Å²) in [6.45, 7) is 6.04. The number of rotatable bonds is 5. The third-order valence-corrected chi connectivity index (χ3v) is 2.69. The molecule has 1 heterocycles. The molecule has 0 aliphatic rings. The van der Waals surface area contributed by atoms with Crippen molar-refractivity contribution >= 4 is 11.6 Å². The van der Waals surface area contributed by atoms with Crippen molar-refractivity contribution in [1.29, 1.82) is 0 Å². The van der Waals surface area contributed by atoms with Crippen molar-refractivity contribution in [3.05, 3.63) is 22.8 Å². The van der Waals surface area contributed by atoms with E-state index < -0.39 is 19.2 Å². The highest BCUT2D eigenvalue weighted by atomic mass is 35.5. The van der Waals surface area contributed by atoms with E-state index in [1.807, 2.05) is 20.8 Å². The van der Waals surface area contributed by atoms with E-state index in [0.717, 1.165) is 5.56 Å². The first kappa shape index (κ1) is 17.0. The molecule has 0 saturated heterocycles. The van der Waals surface area contributed by atoms with Crippen molar-refractivity contribution in [1.82, 2.24) is 10.3 Å². The maximum atomic E-state index is 12.0. The van der Waals surface area contributed by atoms with E-state index in [9.17, 15) is 13.2 Å². The molecule has 0 amide bonds. The van der Waals surface area contributed by atoms with Gasteiger partial charge in [0.2, 0.25) is 5.88 Å². The standard InChI is InChI=1S/C13H18ClF3N2O/c1-12(2,3)19-7-9-6-11(18-8-10(9)14)20-5-4-13(15,16)17/h6,8,19H,4-5,7H2,1-3H3. The quantitative estimate of drug-likeness (QED) is 0.894. The zero-order valence-electron chi connectivity index (χ0n) is 11.6. The summed E-state index contributed by atoms with van der Waals surface area (Å²) in [4.78, 5) is 3.85. The van der Waals surface area contributed by atoms with E-state index in [0.29, 0.717) is 11.6 Å². The number of nitrogens with zero attached hydrogens (tertiary/aromatic N) is 1. The number of nitrogens with one attached hydrogen (secondary N) is 1. The van der Waals surface area contributed by atoms with Crippen molar-refractivity contribution in [2.75, 3.05) is 6.61 Å². The number of ether oxygens (including phenoxy) is 1. The minimum atomic E-state index is -4.23. The van der Waals surface area contributed by atoms with Crippen molar-refractivity contribution in [2.24, 2.45) is 0 Å². The number of alkyl halides is 3. The second-order valence-electron chi connectivity index (χ2n) is 5.43. The number of halogens is 4. The van der Waals surface area contributed by atoms with Gasteiger partial charge in [0.1, 0.15) is 0 Å². The molecular formula is C13H18ClF3N2O. The lowest BCUT2D eigenvalue weighted by Crippen LogP contribution is -2.35. The van der Waals surface area contributed by atoms with Crippen LogP contribution in [0, 0.1) is 0 Å². The molecule has 114 valence electrons. The number of aromatic nitrogens is 1. The second-order valence-corrected chi connectivity index (χ2v) is 5.84. The fourth-order valence-electron chi connectivity index (χ4n) is 1.30. The topological polar surface area (TPSA) is 34.1 Å². The maximum absolute atomic E-state index is 12.0. The third-order valence-electron chi connectivity index (χ3n) is 2.35. The Morgan fingerprint density at radius 3 is 2.50 bits per heavy atom. The predicted octanol–water partition coefficient (Wildman–Crippen LogP) is 3.95. The first-order valence-electron chi connectivity index (χ1n) is 6.16. The van der Waals surface area contributed by atoms with Gasteiger partial charge in [0, 0.05) is 24.3 Å². The summed E-state index contributed by atoms with van der Waals surface area (Å²) in [7, 11) is 0. The van der Waals surface area contributed by atoms with Gasteiger partial charge < -0.3 is 10.1 Å². The van der Waals surface area contributed by atoms with Gasteiger partial charge in [0.05, 0.1) is 18.1 Å². The molecule has 7 heteroatoms. The van der Waals surface area contributed by atoms with Crippen LogP contribution in [0.15, 0.2) is 12.3 Å². The summed E-state index contributed by atoms with van der Waals surface area (Å²) in [5.41, 5.74) is 0.641. The first-order valence-corrected chi connectivity index (χ1v) is 6.54. The van der Waals surface area contributed by atoms with Crippen LogP contribution in [0.2, 0.25) is 5.02 Å². The van der Waals surface area contributed by atoms with Gasteiger partial charge in [-0.1, -0.05) is 11.6 Å². The highest BCUT2D eigenvalue weighted by Gasteiger charge is 2.27. The molecule has 0 unspecified atom stereocenters. The highest BCUT2D eigenvalue weighted by Crippen LogP contribution is 2.22. The van der Waals surface area contributed by atoms with Gasteiger partial charge >= 0.3 is 6.18 Å². The van der Waals surface area contributed by atoms with Crippen molar-refractivity contribution in [2.45, 2.75) is 45.5 Å². The molecule has 1 aromatic rings. The summed E-state index contributed by atoms with van der Waals surface area (Å²) in [6, 6.07) is 1.55. The van der Waals surface area contributed by atoms with Crippen molar-refractivity contribution < 1.29 is 17.9 Å². The molecule has 0 bridgehead atoms. The highest BCUT2D eigenvalue weighted by molar-refractivity contribution is 6.31. The minimum absolute atomic E-state index is 0.0933. The molecular weight excluding hydrogens is 293 g/mol. The molecule has 0 radical (unpaired) electrons. The average Bonchev–Trinajstić information content (AvgIpc) is 2.27. The lowest BCUT2D eigenvalue weighted by atomic mass is 10.1. The SMILES string of the molecule is CC(C)(C)NCc1cc(OCCC(F)(F)F)ncc1Cl. The van der Waals surface area contributed by atoms with Crippen LogP contribution in [0.4, 0.5) is 13.2 Å². The maximum Gasteiger partial charge on any atom is 0.392 e. The number of hydrogen-bond acceptors (Lipinski definition) is 3. The van der Waals surface area contributed by atoms with E-state index in [2.05, 4.69) is 10.3 Å². The van der Waals surface area contributed by atoms with Gasteiger partial charge in [-0.2, -0.15) is 13.2 Å². The van der Waals surface area contributed by atoms with Gasteiger partial charge in [-0.3, -0.25) is 0 Å². The van der Waals surface area contributed by atoms with E-state index in [1.165, 1.54) is 6.20 Å². The Balaban J connectivity index is 2.62. The van der Waals surface area contributed by atoms with E-state index in [4.69, 9.17) is 16.3 Å². The van der Waals surface area contributed by atoms with E-state index in [1.54, 1.807) is 6.07 Å². The number of pyridine rings is 1. The molecule has 0 aliphatic carbocycles. The van der Waals surface area contributed by atoms with Crippen LogP contribution >= 0.6 is 11.6 Å². The third kappa shape index (κ3) is 6.96. The van der Waals surface area contributed by atoms with Crippen LogP contribution in [-0.2, 0) is 6.54 Å². The lowest BCUT2D eigenvalue weighted by molar-refractivity contribution is -0.139. The number of hydrogen-bond donors (Lipinski definition) is 1. The Hall–Kier alpha value is -1.01. The minimum Gasteiger partial charge on any atom is -0.477 e. The molecule has 0 atom stereocenters. The Morgan fingerprint density at radius 1 is 1.30 bits per heavy atom. The summed E-state index contributed by atoms with van der Waals surface area (Å²) in [5.74, 6) is 0.143. The predicted molar refractivity (Wildman–Crippen MR) is 72.0 cm³/mol. The van der Waals surface area contributed by atoms with Crippen molar-refractivity contribution in [3.8, 4) is 5.88 Å². The van der Waals surface area contributed by atoms with Crippen LogP contribution in [0.5, 0.6) is 5.88 Å². The first-order chi connectivity index (χ1) is 9.07. The van der Waals surface area contributed by atoms with E-state index in [-0.39, 0.29) is 11.4 Å². The molecule has 0 fully saturated rings. The Kier molecular flexibility index (Phi) is 5.65. The van der Waals surface area contributed by atoms with Crippen LogP contribution in [0.3, 0.4) is 0 Å². The molecule has 20 heavy (non-hydrogen) atoms. The smallest absolute Gasteiger partial charge is 0.392 e. The van der Waals surface area contributed by atoms with Crippen LogP contribution in [-0.4, -0.2) is 23.3 Å². The van der Waals surface area contributed by atoms with Gasteiger partial charge in [-0.05, 0) is 26.3 Å². The Morgan fingerprint density at radius 2 is 1.95 bits per heavy atom. The molecule has 3 nitrogen and oxygen atoms in total. The Bertz CT molecular complexity index is 444. The largest absolute Gasteiger partial charge is 0.477 e. The monoisotopic (exact) mass is 310 g/mol. The van der Waals surface area contributed by atoms with E-state index >= 15 is 0 Å². The molecule has 0 aliphatic heterocycles. The molecule has 0 aromatic carbocycles. The zero-order chi connectivity index (χ0) is 15.4. The molecule has 0 spiro atoms. The molecule has 1 N–H and O–H groups in total. The lowest BCUT2D eigenvalue weighted by Gasteiger charge is -2.21. The normalized spacial score (nSPS) is 12.6. The molecule has 1 aromatic heterocycles. The molecule has 0 saturated carbocycles.